The van der Waals surface area contributed by atoms with Crippen molar-refractivity contribution in [3.63, 3.8) is 0 Å². The second kappa shape index (κ2) is 2.53. The smallest absolute Gasteiger partial charge is 0.175 e. The summed E-state index contributed by atoms with van der Waals surface area (Å²) < 4.78 is 11.9. The molecule has 1 aliphatic carbocycles. The number of fused-ring (bicyclic) bond motifs is 1. The van der Waals surface area contributed by atoms with Gasteiger partial charge in [-0.3, -0.25) is 4.94 Å². The molecule has 0 unspecified atom stereocenters. The number of hydrogen-bond donors (Lipinski definition) is 0. The van der Waals surface area contributed by atoms with Crippen molar-refractivity contribution in [2.24, 2.45) is 0 Å². The molecule has 1 aromatic rings. The van der Waals surface area contributed by atoms with Crippen LogP contribution in [0.15, 0.2) is 18.2 Å². The van der Waals surface area contributed by atoms with Gasteiger partial charge in [0.1, 0.15) is 0 Å². The first-order valence-electron chi connectivity index (χ1n) is 3.81. The van der Waals surface area contributed by atoms with Crippen LogP contribution in [0.4, 0.5) is 4.53 Å². The van der Waals surface area contributed by atoms with E-state index in [0.717, 1.165) is 24.8 Å². The number of halogens is 1. The van der Waals surface area contributed by atoms with Gasteiger partial charge in [0.05, 0.1) is 0 Å². The number of aryl methyl sites for hydroxylation is 1. The molecule has 0 aliphatic heterocycles. The Hall–Kier alpha value is -1.05. The lowest BCUT2D eigenvalue weighted by Crippen LogP contribution is -1.86. The summed E-state index contributed by atoms with van der Waals surface area (Å²) in [6, 6.07) is 5.54. The molecular weight excluding hydrogens is 143 g/mol. The van der Waals surface area contributed by atoms with Gasteiger partial charge in [-0.2, -0.15) is 0 Å². The Morgan fingerprint density at radius 3 is 3.00 bits per heavy atom. The van der Waals surface area contributed by atoms with E-state index >= 15 is 0 Å². The van der Waals surface area contributed by atoms with Gasteiger partial charge in [0, 0.05) is 10.1 Å². The first-order chi connectivity index (χ1) is 5.42. The van der Waals surface area contributed by atoms with Gasteiger partial charge in [-0.1, -0.05) is 12.1 Å². The summed E-state index contributed by atoms with van der Waals surface area (Å²) in [7, 11) is 0. The minimum absolute atomic E-state index is 0.403. The fraction of sp³-hybridized carbons (Fsp3) is 0.333. The predicted octanol–water partition coefficient (Wildman–Crippen LogP) is 2.44. The van der Waals surface area contributed by atoms with Crippen LogP contribution in [0, 0.1) is 0 Å². The molecule has 0 heterocycles. The van der Waals surface area contributed by atoms with Crippen molar-refractivity contribution in [2.45, 2.75) is 19.3 Å². The quantitative estimate of drug-likeness (QED) is 0.600. The molecule has 2 heteroatoms. The Balaban J connectivity index is 2.50. The fourth-order valence-electron chi connectivity index (χ4n) is 1.66. The molecule has 0 fully saturated rings. The van der Waals surface area contributed by atoms with Crippen LogP contribution in [0.3, 0.4) is 0 Å². The van der Waals surface area contributed by atoms with Crippen LogP contribution in [0.25, 0.3) is 0 Å². The maximum absolute atomic E-state index is 11.9. The molecule has 0 N–H and O–H groups in total. The number of rotatable bonds is 1. The highest BCUT2D eigenvalue weighted by molar-refractivity contribution is 5.42. The van der Waals surface area contributed by atoms with Crippen LogP contribution in [-0.2, 0) is 12.8 Å². The van der Waals surface area contributed by atoms with Crippen molar-refractivity contribution in [2.75, 3.05) is 0 Å². The van der Waals surface area contributed by atoms with E-state index in [-0.39, 0.29) is 0 Å². The zero-order chi connectivity index (χ0) is 7.68. The predicted molar refractivity (Wildman–Crippen MR) is 40.2 cm³/mol. The minimum atomic E-state index is 0.403. The number of benzene rings is 1. The summed E-state index contributed by atoms with van der Waals surface area (Å²) in [4.78, 5) is 3.76. The third kappa shape index (κ3) is 0.985. The molecule has 0 spiro atoms. The molecule has 58 valence electrons. The lowest BCUT2D eigenvalue weighted by molar-refractivity contribution is -0.00723. The first-order valence-corrected chi connectivity index (χ1v) is 3.81. The second-order valence-electron chi connectivity index (χ2n) is 2.82. The van der Waals surface area contributed by atoms with Gasteiger partial charge in [-0.15, -0.1) is 0 Å². The molecular formula is C9H9FO. The standard InChI is InChI=1S/C9H9FO/c10-11-9-6-2-4-7-3-1-5-8(7)9/h2,4,6H,1,3,5H2. The van der Waals surface area contributed by atoms with Gasteiger partial charge in [-0.25, -0.2) is 0 Å². The van der Waals surface area contributed by atoms with Gasteiger partial charge in [0.15, 0.2) is 5.75 Å². The third-order valence-corrected chi connectivity index (χ3v) is 2.19. The highest BCUT2D eigenvalue weighted by atomic mass is 19.3. The van der Waals surface area contributed by atoms with Gasteiger partial charge in [0.2, 0.25) is 0 Å². The maximum atomic E-state index is 11.9. The maximum Gasteiger partial charge on any atom is 0.175 e. The highest BCUT2D eigenvalue weighted by Crippen LogP contribution is 2.30. The van der Waals surface area contributed by atoms with Crippen molar-refractivity contribution >= 4 is 0 Å². The molecule has 2 rings (SSSR count). The SMILES string of the molecule is FOc1cccc2c1CCC2. The summed E-state index contributed by atoms with van der Waals surface area (Å²) in [6.45, 7) is 0. The van der Waals surface area contributed by atoms with E-state index in [4.69, 9.17) is 0 Å². The van der Waals surface area contributed by atoms with Crippen LogP contribution >= 0.6 is 0 Å². The Kier molecular flexibility index (Phi) is 1.53. The summed E-state index contributed by atoms with van der Waals surface area (Å²) in [5, 5.41) is 0. The number of hydrogen-bond acceptors (Lipinski definition) is 1. The molecule has 0 saturated carbocycles. The lowest BCUT2D eigenvalue weighted by Gasteiger charge is -2.01. The highest BCUT2D eigenvalue weighted by Gasteiger charge is 2.15. The Morgan fingerprint density at radius 1 is 1.27 bits per heavy atom. The lowest BCUT2D eigenvalue weighted by atomic mass is 10.1. The molecule has 0 aromatic heterocycles. The molecule has 0 radical (unpaired) electrons. The monoisotopic (exact) mass is 152 g/mol. The zero-order valence-corrected chi connectivity index (χ0v) is 6.14. The van der Waals surface area contributed by atoms with Crippen molar-refractivity contribution in [3.05, 3.63) is 29.3 Å². The van der Waals surface area contributed by atoms with E-state index < -0.39 is 0 Å². The van der Waals surface area contributed by atoms with Gasteiger partial charge >= 0.3 is 0 Å². The molecule has 0 saturated heterocycles. The van der Waals surface area contributed by atoms with E-state index in [9.17, 15) is 4.53 Å². The first kappa shape index (κ1) is 6.65. The van der Waals surface area contributed by atoms with Crippen LogP contribution in [-0.4, -0.2) is 0 Å². The van der Waals surface area contributed by atoms with E-state index in [1.807, 2.05) is 12.1 Å². The summed E-state index contributed by atoms with van der Waals surface area (Å²) in [5.74, 6) is 0.403. The van der Waals surface area contributed by atoms with E-state index in [1.54, 1.807) is 6.07 Å². The second-order valence-corrected chi connectivity index (χ2v) is 2.82. The normalized spacial score (nSPS) is 14.6. The summed E-state index contributed by atoms with van der Waals surface area (Å²) >= 11 is 0. The Labute approximate surface area is 64.7 Å². The summed E-state index contributed by atoms with van der Waals surface area (Å²) in [6.07, 6.45) is 3.14. The zero-order valence-electron chi connectivity index (χ0n) is 6.14. The van der Waals surface area contributed by atoms with Crippen LogP contribution in [0.2, 0.25) is 0 Å². The molecule has 1 aliphatic rings. The Bertz CT molecular complexity index is 270. The molecule has 0 atom stereocenters. The van der Waals surface area contributed by atoms with Crippen LogP contribution in [0.5, 0.6) is 5.75 Å². The molecule has 11 heavy (non-hydrogen) atoms. The van der Waals surface area contributed by atoms with Crippen molar-refractivity contribution in [1.82, 2.24) is 0 Å². The van der Waals surface area contributed by atoms with Crippen LogP contribution < -0.4 is 4.94 Å². The largest absolute Gasteiger partial charge is 0.294 e. The van der Waals surface area contributed by atoms with Crippen molar-refractivity contribution in [1.29, 1.82) is 0 Å². The van der Waals surface area contributed by atoms with Gasteiger partial charge < -0.3 is 0 Å². The van der Waals surface area contributed by atoms with Crippen LogP contribution in [0.1, 0.15) is 17.5 Å². The van der Waals surface area contributed by atoms with E-state index in [1.165, 1.54) is 5.56 Å². The summed E-state index contributed by atoms with van der Waals surface area (Å²) in [5.41, 5.74) is 2.29. The molecule has 1 nitrogen and oxygen atoms in total. The van der Waals surface area contributed by atoms with Crippen molar-refractivity contribution in [3.8, 4) is 5.75 Å². The third-order valence-electron chi connectivity index (χ3n) is 2.19. The van der Waals surface area contributed by atoms with E-state index in [2.05, 4.69) is 4.94 Å². The van der Waals surface area contributed by atoms with Gasteiger partial charge in [-0.05, 0) is 30.9 Å². The molecule has 1 aromatic carbocycles. The molecule has 0 amide bonds. The molecule has 0 bridgehead atoms. The van der Waals surface area contributed by atoms with Crippen molar-refractivity contribution < 1.29 is 9.47 Å². The minimum Gasteiger partial charge on any atom is -0.294 e. The average Bonchev–Trinajstić information content (AvgIpc) is 2.50. The Morgan fingerprint density at radius 2 is 2.18 bits per heavy atom. The fourth-order valence-corrected chi connectivity index (χ4v) is 1.66. The average molecular weight is 152 g/mol. The topological polar surface area (TPSA) is 9.23 Å². The van der Waals surface area contributed by atoms with Gasteiger partial charge in [0.25, 0.3) is 0 Å². The van der Waals surface area contributed by atoms with E-state index in [0.29, 0.717) is 5.75 Å².